The highest BCUT2D eigenvalue weighted by Gasteiger charge is 2.30. The van der Waals surface area contributed by atoms with E-state index in [-0.39, 0.29) is 11.4 Å². The number of terminal acetylenes is 1. The molecule has 0 saturated heterocycles. The average Bonchev–Trinajstić information content (AvgIpc) is 3.20. The van der Waals surface area contributed by atoms with E-state index in [1.165, 1.54) is 6.42 Å². The van der Waals surface area contributed by atoms with Gasteiger partial charge in [-0.2, -0.15) is 0 Å². The van der Waals surface area contributed by atoms with E-state index in [1.54, 1.807) is 33.1 Å². The number of Topliss-reactive ketones (excluding diaryl/α,β-unsaturated/α-hetero) is 1. The molecule has 0 aromatic heterocycles. The van der Waals surface area contributed by atoms with Crippen LogP contribution in [0, 0.1) is 18.3 Å². The van der Waals surface area contributed by atoms with Gasteiger partial charge in [-0.1, -0.05) is 84.4 Å². The molecule has 0 fully saturated rings. The zero-order valence-electron chi connectivity index (χ0n) is 29.3. The molecule has 1 aliphatic rings. The van der Waals surface area contributed by atoms with Crippen LogP contribution in [0.1, 0.15) is 129 Å². The second-order valence-electron chi connectivity index (χ2n) is 9.45. The lowest BCUT2D eigenvalue weighted by atomic mass is 9.89. The molecule has 0 aliphatic heterocycles. The minimum atomic E-state index is -0.719. The molecule has 0 heterocycles. The lowest BCUT2D eigenvalue weighted by molar-refractivity contribution is -0.143. The molecule has 0 spiro atoms. The SMILES string of the molecule is C#CC.C/C=C(\C)C=O.C=CC.CC.CC.CCC.COC(C)(C)CCOC(C)(C)C(=O)CC1CC=CC=CC1. The summed E-state index contributed by atoms with van der Waals surface area (Å²) in [5.74, 6) is 2.83. The third-order valence-corrected chi connectivity index (χ3v) is 4.83. The third kappa shape index (κ3) is 42.9. The fourth-order valence-electron chi connectivity index (χ4n) is 2.27. The minimum Gasteiger partial charge on any atom is -0.379 e. The van der Waals surface area contributed by atoms with Gasteiger partial charge < -0.3 is 9.47 Å². The van der Waals surface area contributed by atoms with E-state index in [1.807, 2.05) is 69.2 Å². The standard InChI is InChI=1S/C18H30O3.C5H8O.C3H8.C3H6.C3H4.2C2H6/c1-17(2,20-5)12-13-21-18(3,4)16(19)14-15-10-8-6-7-9-11-15;1-3-5(2)4-6;3*1-3-2;2*1-2/h6-9,15H,10-14H2,1-5H3;3-4H,1-2H3;3H2,1-2H3;3H,1H2,2H3;1H,2H3;2*1-2H3/b;5-3+;;;;;. The van der Waals surface area contributed by atoms with Gasteiger partial charge in [-0.3, -0.25) is 9.59 Å². The first-order valence-electron chi connectivity index (χ1n) is 14.9. The molecule has 0 unspecified atom stereocenters. The molecular weight excluding hydrogens is 496 g/mol. The molecule has 4 heteroatoms. The Hall–Kier alpha value is -2.22. The van der Waals surface area contributed by atoms with Gasteiger partial charge in [0.05, 0.1) is 12.2 Å². The van der Waals surface area contributed by atoms with Crippen molar-refractivity contribution in [3.8, 4) is 12.3 Å². The highest BCUT2D eigenvalue weighted by molar-refractivity contribution is 5.86. The number of allylic oxidation sites excluding steroid dienone is 7. The molecule has 1 rings (SSSR count). The fraction of sp³-hybridized carbons (Fsp3) is 0.667. The first-order chi connectivity index (χ1) is 18.8. The molecule has 0 radical (unpaired) electrons. The average molecular weight is 565 g/mol. The van der Waals surface area contributed by atoms with Crippen LogP contribution in [0.3, 0.4) is 0 Å². The third-order valence-electron chi connectivity index (χ3n) is 4.83. The Morgan fingerprint density at radius 1 is 1.05 bits per heavy atom. The Labute approximate surface area is 251 Å². The first kappa shape index (κ1) is 50.6. The quantitative estimate of drug-likeness (QED) is 0.121. The number of ketones is 1. The molecule has 40 heavy (non-hydrogen) atoms. The maximum atomic E-state index is 12.5. The Morgan fingerprint density at radius 2 is 1.43 bits per heavy atom. The number of rotatable bonds is 9. The number of carbonyl (C=O) groups excluding carboxylic acids is 2. The molecule has 1 aliphatic carbocycles. The topological polar surface area (TPSA) is 52.6 Å². The van der Waals surface area contributed by atoms with E-state index in [2.05, 4.69) is 57.1 Å². The Morgan fingerprint density at radius 3 is 1.70 bits per heavy atom. The lowest BCUT2D eigenvalue weighted by Gasteiger charge is -2.28. The summed E-state index contributed by atoms with van der Waals surface area (Å²) in [7, 11) is 1.70. The molecule has 4 nitrogen and oxygen atoms in total. The van der Waals surface area contributed by atoms with Crippen molar-refractivity contribution in [2.75, 3.05) is 13.7 Å². The summed E-state index contributed by atoms with van der Waals surface area (Å²) in [6.07, 6.45) is 21.9. The Kier molecular flexibility index (Phi) is 49.2. The molecule has 0 aromatic rings. The van der Waals surface area contributed by atoms with Crippen molar-refractivity contribution >= 4 is 12.1 Å². The van der Waals surface area contributed by atoms with Gasteiger partial charge in [0.25, 0.3) is 0 Å². The van der Waals surface area contributed by atoms with E-state index in [0.717, 1.165) is 31.1 Å². The molecule has 0 saturated carbocycles. The number of aldehydes is 1. The van der Waals surface area contributed by atoms with Crippen LogP contribution in [0.25, 0.3) is 0 Å². The lowest BCUT2D eigenvalue weighted by Crippen LogP contribution is -2.38. The van der Waals surface area contributed by atoms with Gasteiger partial charge in [0.1, 0.15) is 11.9 Å². The maximum Gasteiger partial charge on any atom is 0.164 e. The van der Waals surface area contributed by atoms with Gasteiger partial charge in [-0.25, -0.2) is 0 Å². The second-order valence-corrected chi connectivity index (χ2v) is 9.45. The van der Waals surface area contributed by atoms with Gasteiger partial charge in [-0.15, -0.1) is 18.9 Å². The Bertz CT molecular complexity index is 659. The molecule has 0 atom stereocenters. The molecule has 0 N–H and O–H groups in total. The summed E-state index contributed by atoms with van der Waals surface area (Å²) in [6, 6.07) is 0. The van der Waals surface area contributed by atoms with E-state index < -0.39 is 5.60 Å². The van der Waals surface area contributed by atoms with Gasteiger partial charge in [-0.05, 0) is 86.1 Å². The van der Waals surface area contributed by atoms with Crippen molar-refractivity contribution in [2.24, 2.45) is 5.92 Å². The highest BCUT2D eigenvalue weighted by Crippen LogP contribution is 2.24. The monoisotopic (exact) mass is 565 g/mol. The van der Waals surface area contributed by atoms with Crippen LogP contribution in [-0.4, -0.2) is 37.0 Å². The normalized spacial score (nSPS) is 11.9. The fourth-order valence-corrected chi connectivity index (χ4v) is 2.27. The smallest absolute Gasteiger partial charge is 0.164 e. The van der Waals surface area contributed by atoms with Crippen LogP contribution in [-0.2, 0) is 19.1 Å². The second kappa shape index (κ2) is 38.9. The zero-order chi connectivity index (χ0) is 33.0. The Balaban J connectivity index is -0.000000125. The van der Waals surface area contributed by atoms with E-state index >= 15 is 0 Å². The van der Waals surface area contributed by atoms with Crippen LogP contribution in [0.5, 0.6) is 0 Å². The van der Waals surface area contributed by atoms with Crippen LogP contribution >= 0.6 is 0 Å². The molecule has 0 bridgehead atoms. The van der Waals surface area contributed by atoms with E-state index in [4.69, 9.17) is 9.47 Å². The van der Waals surface area contributed by atoms with Crippen LogP contribution in [0.2, 0.25) is 0 Å². The van der Waals surface area contributed by atoms with Gasteiger partial charge >= 0.3 is 0 Å². The van der Waals surface area contributed by atoms with Gasteiger partial charge in [0.15, 0.2) is 5.78 Å². The summed E-state index contributed by atoms with van der Waals surface area (Å²) in [5.41, 5.74) is -0.144. The van der Waals surface area contributed by atoms with Crippen molar-refractivity contribution in [3.63, 3.8) is 0 Å². The minimum absolute atomic E-state index is 0.187. The number of ether oxygens (including phenoxy) is 2. The number of hydrogen-bond donors (Lipinski definition) is 0. The highest BCUT2D eigenvalue weighted by atomic mass is 16.5. The van der Waals surface area contributed by atoms with Crippen molar-refractivity contribution in [3.05, 3.63) is 48.6 Å². The summed E-state index contributed by atoms with van der Waals surface area (Å²) in [6.45, 7) is 31.1. The summed E-state index contributed by atoms with van der Waals surface area (Å²) in [4.78, 5) is 22.1. The number of carbonyl (C=O) groups is 2. The number of hydrogen-bond acceptors (Lipinski definition) is 4. The van der Waals surface area contributed by atoms with Crippen LogP contribution in [0.15, 0.2) is 48.6 Å². The molecule has 0 amide bonds. The van der Waals surface area contributed by atoms with Gasteiger partial charge in [0, 0.05) is 13.5 Å². The largest absolute Gasteiger partial charge is 0.379 e. The van der Waals surface area contributed by atoms with Crippen molar-refractivity contribution in [2.45, 2.75) is 140 Å². The van der Waals surface area contributed by atoms with Crippen molar-refractivity contribution in [1.82, 2.24) is 0 Å². The molecule has 236 valence electrons. The predicted molar refractivity (Wildman–Crippen MR) is 181 cm³/mol. The molecular formula is C36H68O4. The zero-order valence-corrected chi connectivity index (χ0v) is 29.3. The summed E-state index contributed by atoms with van der Waals surface area (Å²) in [5, 5.41) is 0. The first-order valence-corrected chi connectivity index (χ1v) is 14.9. The van der Waals surface area contributed by atoms with Crippen molar-refractivity contribution < 1.29 is 19.1 Å². The molecule has 0 aromatic carbocycles. The van der Waals surface area contributed by atoms with E-state index in [0.29, 0.717) is 18.9 Å². The van der Waals surface area contributed by atoms with Crippen LogP contribution in [0.4, 0.5) is 0 Å². The van der Waals surface area contributed by atoms with Gasteiger partial charge in [0.2, 0.25) is 0 Å². The summed E-state index contributed by atoms with van der Waals surface area (Å²) >= 11 is 0. The van der Waals surface area contributed by atoms with Crippen LogP contribution < -0.4 is 0 Å². The van der Waals surface area contributed by atoms with Crippen molar-refractivity contribution in [1.29, 1.82) is 0 Å². The maximum absolute atomic E-state index is 12.5. The van der Waals surface area contributed by atoms with E-state index in [9.17, 15) is 9.59 Å². The predicted octanol–water partition coefficient (Wildman–Crippen LogP) is 10.5. The summed E-state index contributed by atoms with van der Waals surface area (Å²) < 4.78 is 11.2. The number of methoxy groups -OCH3 is 1.